The Balaban J connectivity index is 1.49. The third-order valence-electron chi connectivity index (χ3n) is 4.46. The van der Waals surface area contributed by atoms with Crippen LogP contribution >= 0.6 is 0 Å². The number of hydrogen-bond acceptors (Lipinski definition) is 4. The van der Waals surface area contributed by atoms with Gasteiger partial charge in [-0.1, -0.05) is 48.5 Å². The highest BCUT2D eigenvalue weighted by Gasteiger charge is 2.19. The molecule has 1 unspecified atom stereocenters. The molecular formula is C21H23N3O3. The molecule has 140 valence electrons. The molecule has 0 bridgehead atoms. The van der Waals surface area contributed by atoms with Gasteiger partial charge in [0.15, 0.2) is 0 Å². The first kappa shape index (κ1) is 18.7. The van der Waals surface area contributed by atoms with Crippen LogP contribution in [0.4, 0.5) is 4.79 Å². The highest BCUT2D eigenvalue weighted by Crippen LogP contribution is 2.26. The number of rotatable bonds is 6. The highest BCUT2D eigenvalue weighted by atomic mass is 16.3. The van der Waals surface area contributed by atoms with Crippen LogP contribution in [0.5, 0.6) is 0 Å². The monoisotopic (exact) mass is 365 g/mol. The molecule has 27 heavy (non-hydrogen) atoms. The average Bonchev–Trinajstić information content (AvgIpc) is 3.10. The molecule has 0 aliphatic carbocycles. The number of nitrogens with one attached hydrogen (secondary N) is 2. The van der Waals surface area contributed by atoms with E-state index in [9.17, 15) is 9.59 Å². The molecule has 0 aliphatic heterocycles. The summed E-state index contributed by atoms with van der Waals surface area (Å²) in [6, 6.07) is 18.7. The SMILES string of the molecule is CC(c1cc2ccccc2o1)N(C)CC(=O)NC(=O)NCc1ccccc1. The number of benzene rings is 2. The van der Waals surface area contributed by atoms with Crippen LogP contribution < -0.4 is 10.6 Å². The van der Waals surface area contributed by atoms with Crippen molar-refractivity contribution in [1.29, 1.82) is 0 Å². The molecule has 0 saturated carbocycles. The number of nitrogens with zero attached hydrogens (tertiary/aromatic N) is 1. The molecule has 3 amide bonds. The Labute approximate surface area is 158 Å². The number of amides is 3. The van der Waals surface area contributed by atoms with Crippen molar-refractivity contribution in [3.8, 4) is 0 Å². The number of likely N-dealkylation sites (N-methyl/N-ethyl adjacent to an activating group) is 1. The summed E-state index contributed by atoms with van der Waals surface area (Å²) in [5, 5.41) is 6.05. The summed E-state index contributed by atoms with van der Waals surface area (Å²) in [5.74, 6) is 0.408. The van der Waals surface area contributed by atoms with E-state index in [0.29, 0.717) is 6.54 Å². The molecule has 6 heteroatoms. The van der Waals surface area contributed by atoms with Gasteiger partial charge < -0.3 is 9.73 Å². The van der Waals surface area contributed by atoms with Gasteiger partial charge in [0.05, 0.1) is 12.6 Å². The molecule has 1 atom stereocenters. The lowest BCUT2D eigenvalue weighted by Gasteiger charge is -2.22. The number of para-hydroxylation sites is 1. The van der Waals surface area contributed by atoms with Gasteiger partial charge in [0.25, 0.3) is 0 Å². The predicted molar refractivity (Wildman–Crippen MR) is 104 cm³/mol. The second-order valence-corrected chi connectivity index (χ2v) is 6.49. The largest absolute Gasteiger partial charge is 0.459 e. The van der Waals surface area contributed by atoms with E-state index in [1.807, 2.05) is 79.5 Å². The van der Waals surface area contributed by atoms with E-state index in [1.54, 1.807) is 0 Å². The van der Waals surface area contributed by atoms with Crippen molar-refractivity contribution < 1.29 is 14.0 Å². The van der Waals surface area contributed by atoms with E-state index in [1.165, 1.54) is 0 Å². The smallest absolute Gasteiger partial charge is 0.321 e. The summed E-state index contributed by atoms with van der Waals surface area (Å²) in [4.78, 5) is 25.9. The topological polar surface area (TPSA) is 74.6 Å². The van der Waals surface area contributed by atoms with Gasteiger partial charge in [0.2, 0.25) is 5.91 Å². The second kappa shape index (κ2) is 8.51. The van der Waals surface area contributed by atoms with Gasteiger partial charge >= 0.3 is 6.03 Å². The standard InChI is InChI=1S/C21H23N3O3/c1-15(19-12-17-10-6-7-11-18(17)27-19)24(2)14-20(25)23-21(26)22-13-16-8-4-3-5-9-16/h3-12,15H,13-14H2,1-2H3,(H2,22,23,25,26). The first-order chi connectivity index (χ1) is 13.0. The minimum Gasteiger partial charge on any atom is -0.459 e. The van der Waals surface area contributed by atoms with E-state index in [-0.39, 0.29) is 18.5 Å². The van der Waals surface area contributed by atoms with Gasteiger partial charge in [-0.15, -0.1) is 0 Å². The lowest BCUT2D eigenvalue weighted by atomic mass is 10.2. The molecule has 2 aromatic carbocycles. The Morgan fingerprint density at radius 3 is 2.52 bits per heavy atom. The lowest BCUT2D eigenvalue weighted by Crippen LogP contribution is -2.43. The maximum Gasteiger partial charge on any atom is 0.321 e. The Hall–Kier alpha value is -3.12. The first-order valence-corrected chi connectivity index (χ1v) is 8.83. The van der Waals surface area contributed by atoms with Crippen molar-refractivity contribution in [2.24, 2.45) is 0 Å². The molecule has 6 nitrogen and oxygen atoms in total. The van der Waals surface area contributed by atoms with Gasteiger partial charge in [0, 0.05) is 11.9 Å². The minimum absolute atomic E-state index is 0.0803. The molecule has 0 radical (unpaired) electrons. The van der Waals surface area contributed by atoms with E-state index in [2.05, 4.69) is 10.6 Å². The number of imide groups is 1. The van der Waals surface area contributed by atoms with Gasteiger partial charge in [0.1, 0.15) is 11.3 Å². The van der Waals surface area contributed by atoms with Crippen LogP contribution in [0, 0.1) is 0 Å². The fourth-order valence-electron chi connectivity index (χ4n) is 2.78. The Morgan fingerprint density at radius 2 is 1.78 bits per heavy atom. The van der Waals surface area contributed by atoms with E-state index >= 15 is 0 Å². The number of fused-ring (bicyclic) bond motifs is 1. The van der Waals surface area contributed by atoms with Gasteiger partial charge in [-0.2, -0.15) is 0 Å². The van der Waals surface area contributed by atoms with Crippen molar-refractivity contribution >= 4 is 22.9 Å². The van der Waals surface area contributed by atoms with Gasteiger partial charge in [-0.05, 0) is 31.7 Å². The lowest BCUT2D eigenvalue weighted by molar-refractivity contribution is -0.121. The quantitative estimate of drug-likeness (QED) is 0.702. The molecule has 3 aromatic rings. The second-order valence-electron chi connectivity index (χ2n) is 6.49. The molecule has 1 heterocycles. The summed E-state index contributed by atoms with van der Waals surface area (Å²) in [5.41, 5.74) is 1.79. The zero-order valence-electron chi connectivity index (χ0n) is 15.4. The third-order valence-corrected chi connectivity index (χ3v) is 4.46. The fourth-order valence-corrected chi connectivity index (χ4v) is 2.78. The van der Waals surface area contributed by atoms with Crippen molar-refractivity contribution in [2.45, 2.75) is 19.5 Å². The van der Waals surface area contributed by atoms with Crippen molar-refractivity contribution in [2.75, 3.05) is 13.6 Å². The molecule has 0 saturated heterocycles. The number of carbonyl (C=O) groups is 2. The van der Waals surface area contributed by atoms with E-state index in [4.69, 9.17) is 4.42 Å². The van der Waals surface area contributed by atoms with Crippen LogP contribution in [0.3, 0.4) is 0 Å². The minimum atomic E-state index is -0.506. The number of urea groups is 1. The molecule has 2 N–H and O–H groups in total. The maximum atomic E-state index is 12.1. The molecule has 0 spiro atoms. The highest BCUT2D eigenvalue weighted by molar-refractivity contribution is 5.95. The summed E-state index contributed by atoms with van der Waals surface area (Å²) in [7, 11) is 1.82. The fraction of sp³-hybridized carbons (Fsp3) is 0.238. The molecule has 3 rings (SSSR count). The van der Waals surface area contributed by atoms with Crippen molar-refractivity contribution in [1.82, 2.24) is 15.5 Å². The molecular weight excluding hydrogens is 342 g/mol. The maximum absolute atomic E-state index is 12.1. The van der Waals surface area contributed by atoms with Crippen LogP contribution in [-0.2, 0) is 11.3 Å². The predicted octanol–water partition coefficient (Wildman–Crippen LogP) is 3.45. The van der Waals surface area contributed by atoms with E-state index in [0.717, 1.165) is 22.3 Å². The Morgan fingerprint density at radius 1 is 1.07 bits per heavy atom. The Bertz CT molecular complexity index is 888. The van der Waals surface area contributed by atoms with Crippen molar-refractivity contribution in [3.63, 3.8) is 0 Å². The Kier molecular flexibility index (Phi) is 5.88. The number of carbonyl (C=O) groups excluding carboxylic acids is 2. The molecule has 0 fully saturated rings. The van der Waals surface area contributed by atoms with E-state index < -0.39 is 6.03 Å². The van der Waals surface area contributed by atoms with Crippen LogP contribution in [0.1, 0.15) is 24.3 Å². The summed E-state index contributed by atoms with van der Waals surface area (Å²) in [6.07, 6.45) is 0. The molecule has 1 aromatic heterocycles. The summed E-state index contributed by atoms with van der Waals surface area (Å²) in [6.45, 7) is 2.41. The first-order valence-electron chi connectivity index (χ1n) is 8.83. The average molecular weight is 365 g/mol. The van der Waals surface area contributed by atoms with Crippen LogP contribution in [0.2, 0.25) is 0 Å². The van der Waals surface area contributed by atoms with Crippen LogP contribution in [0.15, 0.2) is 65.1 Å². The zero-order chi connectivity index (χ0) is 19.2. The third kappa shape index (κ3) is 4.95. The summed E-state index contributed by atoms with van der Waals surface area (Å²) < 4.78 is 5.85. The zero-order valence-corrected chi connectivity index (χ0v) is 15.4. The number of hydrogen-bond donors (Lipinski definition) is 2. The number of furan rings is 1. The van der Waals surface area contributed by atoms with Gasteiger partial charge in [-0.25, -0.2) is 4.79 Å². The van der Waals surface area contributed by atoms with Gasteiger partial charge in [-0.3, -0.25) is 15.0 Å². The van der Waals surface area contributed by atoms with Crippen LogP contribution in [0.25, 0.3) is 11.0 Å². The van der Waals surface area contributed by atoms with Crippen molar-refractivity contribution in [3.05, 3.63) is 72.0 Å². The van der Waals surface area contributed by atoms with Crippen LogP contribution in [-0.4, -0.2) is 30.4 Å². The summed E-state index contributed by atoms with van der Waals surface area (Å²) >= 11 is 0. The molecule has 0 aliphatic rings. The normalized spacial score (nSPS) is 12.1.